The van der Waals surface area contributed by atoms with Crippen molar-refractivity contribution in [1.82, 2.24) is 19.7 Å². The van der Waals surface area contributed by atoms with Gasteiger partial charge in [0.2, 0.25) is 5.91 Å². The summed E-state index contributed by atoms with van der Waals surface area (Å²) in [6, 6.07) is 1.81. The predicted octanol–water partition coefficient (Wildman–Crippen LogP) is 2.57. The number of nitrogens with zero attached hydrogens (tertiary/aromatic N) is 4. The Labute approximate surface area is 123 Å². The van der Waals surface area contributed by atoms with E-state index in [1.807, 2.05) is 6.07 Å². The van der Waals surface area contributed by atoms with E-state index >= 15 is 0 Å². The number of amides is 1. The number of aromatic nitrogens is 4. The Balaban J connectivity index is 1.51. The van der Waals surface area contributed by atoms with E-state index in [1.54, 1.807) is 29.5 Å². The average molecular weight is 285 g/mol. The summed E-state index contributed by atoms with van der Waals surface area (Å²) < 4.78 is 1.58. The van der Waals surface area contributed by atoms with Crippen LogP contribution in [-0.4, -0.2) is 25.7 Å². The standard InChI is InChI=1S/C15H19N5O/c21-14(7-6-12-4-1-2-5-12)19-13-10-16-15(17-11-13)20-9-3-8-18-20/h3,8-12H,1-2,4-7H2,(H,19,21). The lowest BCUT2D eigenvalue weighted by atomic mass is 10.0. The molecule has 2 aromatic heterocycles. The van der Waals surface area contributed by atoms with Gasteiger partial charge in [-0.2, -0.15) is 5.10 Å². The van der Waals surface area contributed by atoms with Crippen LogP contribution in [0, 0.1) is 5.92 Å². The molecule has 1 aliphatic carbocycles. The normalized spacial score (nSPS) is 15.2. The second-order valence-corrected chi connectivity index (χ2v) is 5.46. The fourth-order valence-corrected chi connectivity index (χ4v) is 2.75. The number of anilines is 1. The zero-order valence-electron chi connectivity index (χ0n) is 11.9. The van der Waals surface area contributed by atoms with E-state index in [4.69, 9.17) is 0 Å². The minimum absolute atomic E-state index is 0.0392. The Morgan fingerprint density at radius 3 is 2.71 bits per heavy atom. The third-order valence-corrected chi connectivity index (χ3v) is 3.89. The van der Waals surface area contributed by atoms with Gasteiger partial charge in [0.05, 0.1) is 18.1 Å². The highest BCUT2D eigenvalue weighted by Crippen LogP contribution is 2.28. The molecule has 21 heavy (non-hydrogen) atoms. The predicted molar refractivity (Wildman–Crippen MR) is 79.0 cm³/mol. The van der Waals surface area contributed by atoms with Gasteiger partial charge in [-0.25, -0.2) is 14.6 Å². The molecule has 0 aromatic carbocycles. The van der Waals surface area contributed by atoms with Gasteiger partial charge in [-0.1, -0.05) is 25.7 Å². The SMILES string of the molecule is O=C(CCC1CCCC1)Nc1cnc(-n2cccn2)nc1. The molecule has 3 rings (SSSR count). The Kier molecular flexibility index (Phi) is 4.23. The maximum atomic E-state index is 11.9. The molecule has 2 aromatic rings. The summed E-state index contributed by atoms with van der Waals surface area (Å²) in [5.74, 6) is 1.26. The van der Waals surface area contributed by atoms with Crippen molar-refractivity contribution >= 4 is 11.6 Å². The van der Waals surface area contributed by atoms with Crippen LogP contribution >= 0.6 is 0 Å². The monoisotopic (exact) mass is 285 g/mol. The molecule has 1 aliphatic rings. The lowest BCUT2D eigenvalue weighted by molar-refractivity contribution is -0.116. The minimum Gasteiger partial charge on any atom is -0.323 e. The highest BCUT2D eigenvalue weighted by Gasteiger charge is 2.16. The first kappa shape index (κ1) is 13.7. The van der Waals surface area contributed by atoms with E-state index in [0.29, 0.717) is 18.1 Å². The Morgan fingerprint density at radius 1 is 1.29 bits per heavy atom. The molecule has 0 spiro atoms. The van der Waals surface area contributed by atoms with Gasteiger partial charge in [0, 0.05) is 18.8 Å². The van der Waals surface area contributed by atoms with Gasteiger partial charge in [0.1, 0.15) is 0 Å². The molecule has 1 N–H and O–H groups in total. The molecule has 1 amide bonds. The first-order valence-corrected chi connectivity index (χ1v) is 7.43. The number of carbonyl (C=O) groups is 1. The summed E-state index contributed by atoms with van der Waals surface area (Å²) in [4.78, 5) is 20.3. The molecule has 0 aliphatic heterocycles. The van der Waals surface area contributed by atoms with Gasteiger partial charge >= 0.3 is 0 Å². The molecule has 6 heteroatoms. The van der Waals surface area contributed by atoms with Crippen LogP contribution in [0.1, 0.15) is 38.5 Å². The largest absolute Gasteiger partial charge is 0.323 e. The number of hydrogen-bond donors (Lipinski definition) is 1. The molecular formula is C15H19N5O. The third kappa shape index (κ3) is 3.65. The highest BCUT2D eigenvalue weighted by molar-refractivity contribution is 5.90. The lowest BCUT2D eigenvalue weighted by Crippen LogP contribution is -2.13. The molecule has 1 fully saturated rings. The summed E-state index contributed by atoms with van der Waals surface area (Å²) in [5.41, 5.74) is 0.627. The molecule has 0 saturated heterocycles. The van der Waals surface area contributed by atoms with Gasteiger partial charge in [-0.3, -0.25) is 4.79 Å². The van der Waals surface area contributed by atoms with Crippen molar-refractivity contribution in [1.29, 1.82) is 0 Å². The molecular weight excluding hydrogens is 266 g/mol. The van der Waals surface area contributed by atoms with E-state index in [9.17, 15) is 4.79 Å². The minimum atomic E-state index is 0.0392. The van der Waals surface area contributed by atoms with Crippen LogP contribution in [-0.2, 0) is 4.79 Å². The van der Waals surface area contributed by atoms with Crippen molar-refractivity contribution in [2.75, 3.05) is 5.32 Å². The summed E-state index contributed by atoms with van der Waals surface area (Å²) >= 11 is 0. The summed E-state index contributed by atoms with van der Waals surface area (Å²) in [6.45, 7) is 0. The lowest BCUT2D eigenvalue weighted by Gasteiger charge is -2.09. The van der Waals surface area contributed by atoms with Gasteiger partial charge in [-0.15, -0.1) is 0 Å². The number of nitrogens with one attached hydrogen (secondary N) is 1. The van der Waals surface area contributed by atoms with Crippen LogP contribution in [0.4, 0.5) is 5.69 Å². The summed E-state index contributed by atoms with van der Waals surface area (Å²) in [5, 5.41) is 6.90. The fraction of sp³-hybridized carbons (Fsp3) is 0.467. The van der Waals surface area contributed by atoms with Crippen LogP contribution in [0.15, 0.2) is 30.9 Å². The van der Waals surface area contributed by atoms with E-state index in [0.717, 1.165) is 12.3 Å². The summed E-state index contributed by atoms with van der Waals surface area (Å²) in [6.07, 6.45) is 13.4. The van der Waals surface area contributed by atoms with Gasteiger partial charge in [0.15, 0.2) is 0 Å². The average Bonchev–Trinajstić information content (AvgIpc) is 3.19. The van der Waals surface area contributed by atoms with Gasteiger partial charge in [-0.05, 0) is 18.4 Å². The first-order valence-electron chi connectivity index (χ1n) is 7.43. The molecule has 1 saturated carbocycles. The molecule has 0 bridgehead atoms. The van der Waals surface area contributed by atoms with E-state index in [2.05, 4.69) is 20.4 Å². The highest BCUT2D eigenvalue weighted by atomic mass is 16.1. The van der Waals surface area contributed by atoms with Crippen molar-refractivity contribution in [3.05, 3.63) is 30.9 Å². The third-order valence-electron chi connectivity index (χ3n) is 3.89. The molecule has 0 radical (unpaired) electrons. The van der Waals surface area contributed by atoms with Crippen molar-refractivity contribution in [2.45, 2.75) is 38.5 Å². The Hall–Kier alpha value is -2.24. The second kappa shape index (κ2) is 6.47. The van der Waals surface area contributed by atoms with Crippen LogP contribution in [0.2, 0.25) is 0 Å². The van der Waals surface area contributed by atoms with Crippen molar-refractivity contribution in [3.63, 3.8) is 0 Å². The first-order chi connectivity index (χ1) is 10.3. The van der Waals surface area contributed by atoms with Crippen LogP contribution in [0.25, 0.3) is 5.95 Å². The Morgan fingerprint density at radius 2 is 2.05 bits per heavy atom. The quantitative estimate of drug-likeness (QED) is 0.916. The zero-order chi connectivity index (χ0) is 14.5. The van der Waals surface area contributed by atoms with Crippen molar-refractivity contribution in [2.24, 2.45) is 5.92 Å². The van der Waals surface area contributed by atoms with Crippen molar-refractivity contribution < 1.29 is 4.79 Å². The summed E-state index contributed by atoms with van der Waals surface area (Å²) in [7, 11) is 0. The van der Waals surface area contributed by atoms with Crippen LogP contribution in [0.3, 0.4) is 0 Å². The van der Waals surface area contributed by atoms with E-state index in [1.165, 1.54) is 25.7 Å². The number of rotatable bonds is 5. The van der Waals surface area contributed by atoms with Gasteiger partial charge < -0.3 is 5.32 Å². The smallest absolute Gasteiger partial charge is 0.250 e. The topological polar surface area (TPSA) is 72.7 Å². The van der Waals surface area contributed by atoms with Gasteiger partial charge in [0.25, 0.3) is 5.95 Å². The maximum Gasteiger partial charge on any atom is 0.250 e. The number of carbonyl (C=O) groups excluding carboxylic acids is 1. The molecule has 110 valence electrons. The molecule has 0 atom stereocenters. The molecule has 2 heterocycles. The molecule has 6 nitrogen and oxygen atoms in total. The van der Waals surface area contributed by atoms with E-state index in [-0.39, 0.29) is 5.91 Å². The fourth-order valence-electron chi connectivity index (χ4n) is 2.75. The van der Waals surface area contributed by atoms with Crippen molar-refractivity contribution in [3.8, 4) is 5.95 Å². The second-order valence-electron chi connectivity index (χ2n) is 5.46. The number of hydrogen-bond acceptors (Lipinski definition) is 4. The van der Waals surface area contributed by atoms with Crippen LogP contribution in [0.5, 0.6) is 0 Å². The Bertz CT molecular complexity index is 573. The molecule has 0 unspecified atom stereocenters. The van der Waals surface area contributed by atoms with E-state index < -0.39 is 0 Å². The maximum absolute atomic E-state index is 11.9. The zero-order valence-corrected chi connectivity index (χ0v) is 11.9. The van der Waals surface area contributed by atoms with Crippen LogP contribution < -0.4 is 5.32 Å².